The fraction of sp³-hybridized carbons (Fsp3) is 0.333. The third-order valence-electron chi connectivity index (χ3n) is 3.96. The number of pyridine rings is 1. The molecule has 20 heavy (non-hydrogen) atoms. The molecule has 0 atom stereocenters. The predicted octanol–water partition coefficient (Wildman–Crippen LogP) is 1.51. The zero-order valence-corrected chi connectivity index (χ0v) is 11.3. The Kier molecular flexibility index (Phi) is 2.36. The molecule has 0 aromatic carbocycles. The standard InChI is InChI=1S/C15H16N4O/c1-9-6-8-17-14-12(9)18-15(20)11-3-2-7-16-13(11)19(14)10-4-5-10/h2-3,6-7,10,17H,4-5,8H2,1H3,(H,18,20). The molecule has 2 N–H and O–H groups in total. The zero-order valence-electron chi connectivity index (χ0n) is 11.3. The van der Waals surface area contributed by atoms with E-state index in [1.165, 1.54) is 0 Å². The number of dihydropyridines is 1. The van der Waals surface area contributed by atoms with Gasteiger partial charge in [0.15, 0.2) is 0 Å². The summed E-state index contributed by atoms with van der Waals surface area (Å²) >= 11 is 0. The molecule has 1 amide bonds. The van der Waals surface area contributed by atoms with E-state index in [0.29, 0.717) is 11.6 Å². The summed E-state index contributed by atoms with van der Waals surface area (Å²) in [4.78, 5) is 19.1. The summed E-state index contributed by atoms with van der Waals surface area (Å²) in [5.74, 6) is 1.67. The van der Waals surface area contributed by atoms with Gasteiger partial charge in [0, 0.05) is 18.8 Å². The number of hydrogen-bond donors (Lipinski definition) is 2. The molecule has 1 saturated carbocycles. The van der Waals surface area contributed by atoms with E-state index in [4.69, 9.17) is 0 Å². The molecule has 1 aromatic heterocycles. The van der Waals surface area contributed by atoms with E-state index in [0.717, 1.165) is 42.3 Å². The Bertz CT molecular complexity index is 658. The summed E-state index contributed by atoms with van der Waals surface area (Å²) in [6.07, 6.45) is 6.13. The van der Waals surface area contributed by atoms with Crippen molar-refractivity contribution in [3.05, 3.63) is 47.1 Å². The molecule has 2 aliphatic heterocycles. The summed E-state index contributed by atoms with van der Waals surface area (Å²) in [6, 6.07) is 4.09. The highest BCUT2D eigenvalue weighted by molar-refractivity contribution is 6.01. The van der Waals surface area contributed by atoms with Crippen molar-refractivity contribution in [3.63, 3.8) is 0 Å². The average molecular weight is 268 g/mol. The van der Waals surface area contributed by atoms with Crippen molar-refractivity contribution in [2.75, 3.05) is 11.4 Å². The number of carbonyl (C=O) groups excluding carboxylic acids is 1. The van der Waals surface area contributed by atoms with Gasteiger partial charge >= 0.3 is 0 Å². The Morgan fingerprint density at radius 1 is 1.40 bits per heavy atom. The topological polar surface area (TPSA) is 57.3 Å². The summed E-state index contributed by atoms with van der Waals surface area (Å²) < 4.78 is 0. The maximum absolute atomic E-state index is 12.4. The van der Waals surface area contributed by atoms with Gasteiger partial charge in [0.05, 0.1) is 11.3 Å². The van der Waals surface area contributed by atoms with Crippen LogP contribution in [-0.4, -0.2) is 23.5 Å². The van der Waals surface area contributed by atoms with Crippen LogP contribution in [-0.2, 0) is 0 Å². The lowest BCUT2D eigenvalue weighted by Crippen LogP contribution is -2.38. The Morgan fingerprint density at radius 2 is 2.25 bits per heavy atom. The van der Waals surface area contributed by atoms with Gasteiger partial charge in [-0.15, -0.1) is 0 Å². The Morgan fingerprint density at radius 3 is 3.05 bits per heavy atom. The molecule has 1 aromatic rings. The zero-order chi connectivity index (χ0) is 13.7. The first-order chi connectivity index (χ1) is 9.75. The third kappa shape index (κ3) is 1.62. The second kappa shape index (κ2) is 4.10. The van der Waals surface area contributed by atoms with E-state index >= 15 is 0 Å². The number of rotatable bonds is 1. The second-order valence-electron chi connectivity index (χ2n) is 5.42. The summed E-state index contributed by atoms with van der Waals surface area (Å²) in [5.41, 5.74) is 2.63. The number of fused-ring (bicyclic) bond motifs is 1. The molecule has 4 rings (SSSR count). The van der Waals surface area contributed by atoms with Crippen molar-refractivity contribution in [3.8, 4) is 0 Å². The molecule has 0 radical (unpaired) electrons. The molecular formula is C15H16N4O. The number of nitrogens with one attached hydrogen (secondary N) is 2. The minimum Gasteiger partial charge on any atom is -0.366 e. The molecule has 0 spiro atoms. The maximum Gasteiger partial charge on any atom is 0.259 e. The second-order valence-corrected chi connectivity index (χ2v) is 5.42. The minimum absolute atomic E-state index is 0.0831. The van der Waals surface area contributed by atoms with Gasteiger partial charge in [0.25, 0.3) is 5.91 Å². The van der Waals surface area contributed by atoms with Gasteiger partial charge in [-0.05, 0) is 37.5 Å². The summed E-state index contributed by atoms with van der Waals surface area (Å²) in [7, 11) is 0. The number of aromatic nitrogens is 1. The van der Waals surface area contributed by atoms with Crippen LogP contribution in [0.5, 0.6) is 0 Å². The van der Waals surface area contributed by atoms with Crippen LogP contribution < -0.4 is 15.5 Å². The average Bonchev–Trinajstić information content (AvgIpc) is 3.27. The van der Waals surface area contributed by atoms with Crippen molar-refractivity contribution in [1.29, 1.82) is 0 Å². The monoisotopic (exact) mass is 268 g/mol. The molecule has 0 saturated heterocycles. The first kappa shape index (κ1) is 11.5. The van der Waals surface area contributed by atoms with E-state index in [2.05, 4.69) is 26.6 Å². The number of amides is 1. The molecular weight excluding hydrogens is 252 g/mol. The first-order valence-electron chi connectivity index (χ1n) is 6.96. The predicted molar refractivity (Wildman–Crippen MR) is 76.0 cm³/mol. The fourth-order valence-electron chi connectivity index (χ4n) is 2.78. The van der Waals surface area contributed by atoms with Crippen LogP contribution in [0.3, 0.4) is 0 Å². The van der Waals surface area contributed by atoms with Crippen LogP contribution in [0.15, 0.2) is 41.5 Å². The highest BCUT2D eigenvalue weighted by Gasteiger charge is 2.38. The normalized spacial score (nSPS) is 21.4. The lowest BCUT2D eigenvalue weighted by atomic mass is 10.1. The first-order valence-corrected chi connectivity index (χ1v) is 6.96. The van der Waals surface area contributed by atoms with Crippen molar-refractivity contribution in [2.45, 2.75) is 25.8 Å². The third-order valence-corrected chi connectivity index (χ3v) is 3.96. The van der Waals surface area contributed by atoms with Crippen molar-refractivity contribution in [2.24, 2.45) is 0 Å². The molecule has 1 fully saturated rings. The van der Waals surface area contributed by atoms with Gasteiger partial charge in [-0.25, -0.2) is 4.98 Å². The number of allylic oxidation sites excluding steroid dienone is 1. The number of nitrogens with zero attached hydrogens (tertiary/aromatic N) is 2. The molecule has 0 unspecified atom stereocenters. The van der Waals surface area contributed by atoms with Gasteiger partial charge in [-0.1, -0.05) is 6.08 Å². The lowest BCUT2D eigenvalue weighted by Gasteiger charge is -2.30. The summed E-state index contributed by atoms with van der Waals surface area (Å²) in [5, 5.41) is 6.43. The Balaban J connectivity index is 1.93. The number of carbonyl (C=O) groups is 1. The quantitative estimate of drug-likeness (QED) is 0.810. The molecule has 3 heterocycles. The number of anilines is 1. The SMILES string of the molecule is CC1=CCNC2=C1NC(=O)c1cccnc1N2C1CC1. The van der Waals surface area contributed by atoms with Crippen LogP contribution >= 0.6 is 0 Å². The van der Waals surface area contributed by atoms with Gasteiger partial charge < -0.3 is 15.5 Å². The Labute approximate surface area is 117 Å². The van der Waals surface area contributed by atoms with Gasteiger partial charge in [-0.2, -0.15) is 0 Å². The van der Waals surface area contributed by atoms with Gasteiger partial charge in [0.2, 0.25) is 0 Å². The molecule has 102 valence electrons. The van der Waals surface area contributed by atoms with Crippen molar-refractivity contribution in [1.82, 2.24) is 15.6 Å². The number of hydrogen-bond acceptors (Lipinski definition) is 4. The smallest absolute Gasteiger partial charge is 0.259 e. The minimum atomic E-state index is -0.0831. The van der Waals surface area contributed by atoms with E-state index in [1.807, 2.05) is 19.1 Å². The van der Waals surface area contributed by atoms with Crippen LogP contribution in [0.25, 0.3) is 0 Å². The van der Waals surface area contributed by atoms with Crippen molar-refractivity contribution >= 4 is 11.7 Å². The molecule has 0 bridgehead atoms. The van der Waals surface area contributed by atoms with E-state index in [-0.39, 0.29) is 5.91 Å². The van der Waals surface area contributed by atoms with Gasteiger partial charge in [-0.3, -0.25) is 4.79 Å². The van der Waals surface area contributed by atoms with Crippen LogP contribution in [0.2, 0.25) is 0 Å². The van der Waals surface area contributed by atoms with Crippen LogP contribution in [0, 0.1) is 0 Å². The molecule has 1 aliphatic carbocycles. The fourth-order valence-corrected chi connectivity index (χ4v) is 2.78. The van der Waals surface area contributed by atoms with Crippen LogP contribution in [0.1, 0.15) is 30.1 Å². The Hall–Kier alpha value is -2.30. The van der Waals surface area contributed by atoms with Crippen molar-refractivity contribution < 1.29 is 4.79 Å². The van der Waals surface area contributed by atoms with E-state index in [9.17, 15) is 4.79 Å². The van der Waals surface area contributed by atoms with E-state index in [1.54, 1.807) is 6.20 Å². The van der Waals surface area contributed by atoms with Gasteiger partial charge in [0.1, 0.15) is 11.6 Å². The molecule has 3 aliphatic rings. The van der Waals surface area contributed by atoms with E-state index < -0.39 is 0 Å². The summed E-state index contributed by atoms with van der Waals surface area (Å²) in [6.45, 7) is 2.82. The van der Waals surface area contributed by atoms with Crippen LogP contribution in [0.4, 0.5) is 5.82 Å². The lowest BCUT2D eigenvalue weighted by molar-refractivity contribution is 0.0967. The molecule has 5 nitrogen and oxygen atoms in total. The highest BCUT2D eigenvalue weighted by Crippen LogP contribution is 2.38. The molecule has 5 heteroatoms. The highest BCUT2D eigenvalue weighted by atomic mass is 16.1. The maximum atomic E-state index is 12.4. The largest absolute Gasteiger partial charge is 0.366 e.